The first-order valence-electron chi connectivity index (χ1n) is 11.7. The Morgan fingerprint density at radius 3 is 2.43 bits per heavy atom. The van der Waals surface area contributed by atoms with Crippen LogP contribution >= 0.6 is 0 Å². The summed E-state index contributed by atoms with van der Waals surface area (Å²) in [4.78, 5) is 37.5. The lowest BCUT2D eigenvalue weighted by Crippen LogP contribution is -2.52. The van der Waals surface area contributed by atoms with Crippen molar-refractivity contribution in [3.05, 3.63) is 36.2 Å². The van der Waals surface area contributed by atoms with Gasteiger partial charge in [-0.3, -0.25) is 4.79 Å². The molecule has 0 aliphatic carbocycles. The average molecular weight is 502 g/mol. The molecule has 0 bridgehead atoms. The molecule has 2 aliphatic rings. The van der Waals surface area contributed by atoms with Crippen LogP contribution in [0.3, 0.4) is 0 Å². The first kappa shape index (κ1) is 24.7. The van der Waals surface area contributed by atoms with Gasteiger partial charge in [0.2, 0.25) is 0 Å². The fraction of sp³-hybridized carbons (Fsp3) is 0.478. The van der Waals surface area contributed by atoms with Crippen LogP contribution in [0.2, 0.25) is 0 Å². The zero-order chi connectivity index (χ0) is 25.0. The number of carbonyl (C=O) groups excluding carboxylic acids is 2. The van der Waals surface area contributed by atoms with Crippen LogP contribution in [0.1, 0.15) is 42.6 Å². The molecule has 12 heteroatoms. The van der Waals surface area contributed by atoms with Gasteiger partial charge in [-0.15, -0.1) is 0 Å². The van der Waals surface area contributed by atoms with E-state index in [1.54, 1.807) is 12.1 Å². The van der Waals surface area contributed by atoms with E-state index in [1.165, 1.54) is 24.8 Å². The van der Waals surface area contributed by atoms with E-state index in [1.807, 2.05) is 9.80 Å². The molecule has 0 saturated carbocycles. The lowest BCUT2D eigenvalue weighted by atomic mass is 10.1. The molecular weight excluding hydrogens is 470 g/mol. The lowest BCUT2D eigenvalue weighted by Gasteiger charge is -2.36. The van der Waals surface area contributed by atoms with Crippen LogP contribution in [0.15, 0.2) is 35.4 Å². The summed E-state index contributed by atoms with van der Waals surface area (Å²) < 4.78 is 23.4. The fourth-order valence-electron chi connectivity index (χ4n) is 4.39. The number of piperidine rings is 2. The van der Waals surface area contributed by atoms with Gasteiger partial charge >= 0.3 is 6.03 Å². The first-order valence-corrected chi connectivity index (χ1v) is 13.6. The molecule has 1 aromatic carbocycles. The number of amides is 3. The van der Waals surface area contributed by atoms with Gasteiger partial charge in [0.25, 0.3) is 5.91 Å². The normalized spacial score (nSPS) is 18.7. The SMILES string of the molecule is CS(=O)(=O)c1ccc(Nc2nc(N3CCCC(NC(=O)N4CCCCC4)C3)cnc2C(N)=O)cc1. The molecule has 1 unspecified atom stereocenters. The number of nitrogens with zero attached hydrogens (tertiary/aromatic N) is 4. The van der Waals surface area contributed by atoms with Crippen molar-refractivity contribution >= 4 is 39.1 Å². The molecule has 2 saturated heterocycles. The number of likely N-dealkylation sites (tertiary alicyclic amines) is 1. The van der Waals surface area contributed by atoms with Crippen LogP contribution < -0.4 is 21.3 Å². The Kier molecular flexibility index (Phi) is 7.39. The van der Waals surface area contributed by atoms with Crippen molar-refractivity contribution in [1.82, 2.24) is 20.2 Å². The van der Waals surface area contributed by atoms with Crippen LogP contribution in [0.25, 0.3) is 0 Å². The van der Waals surface area contributed by atoms with Crippen molar-refractivity contribution in [3.8, 4) is 0 Å². The van der Waals surface area contributed by atoms with E-state index in [2.05, 4.69) is 20.6 Å². The summed E-state index contributed by atoms with van der Waals surface area (Å²) in [6, 6.07) is 6.07. The molecule has 4 rings (SSSR count). The first-order chi connectivity index (χ1) is 16.7. The molecule has 0 spiro atoms. The van der Waals surface area contributed by atoms with Crippen molar-refractivity contribution in [3.63, 3.8) is 0 Å². The highest BCUT2D eigenvalue weighted by Gasteiger charge is 2.26. The number of benzene rings is 1. The highest BCUT2D eigenvalue weighted by atomic mass is 32.2. The van der Waals surface area contributed by atoms with Crippen molar-refractivity contribution in [2.45, 2.75) is 43.0 Å². The predicted octanol–water partition coefficient (Wildman–Crippen LogP) is 1.89. The van der Waals surface area contributed by atoms with Crippen molar-refractivity contribution in [1.29, 1.82) is 0 Å². The number of nitrogens with two attached hydrogens (primary N) is 1. The van der Waals surface area contributed by atoms with E-state index in [0.29, 0.717) is 18.1 Å². The maximum absolute atomic E-state index is 12.6. The minimum absolute atomic E-state index is 0.0178. The molecule has 1 aromatic heterocycles. The van der Waals surface area contributed by atoms with Gasteiger partial charge in [-0.05, 0) is 56.4 Å². The number of anilines is 3. The molecule has 2 aromatic rings. The zero-order valence-corrected chi connectivity index (χ0v) is 20.6. The maximum atomic E-state index is 12.6. The third-order valence-corrected chi connectivity index (χ3v) is 7.38. The topological polar surface area (TPSA) is 151 Å². The Hall–Kier alpha value is -3.41. The van der Waals surface area contributed by atoms with Crippen LogP contribution in [0.5, 0.6) is 0 Å². The largest absolute Gasteiger partial charge is 0.364 e. The molecular formula is C23H31N7O4S. The van der Waals surface area contributed by atoms with E-state index in [9.17, 15) is 18.0 Å². The second kappa shape index (κ2) is 10.5. The van der Waals surface area contributed by atoms with Gasteiger partial charge in [0.1, 0.15) is 5.82 Å². The fourth-order valence-corrected chi connectivity index (χ4v) is 5.02. The average Bonchev–Trinajstić information content (AvgIpc) is 2.84. The van der Waals surface area contributed by atoms with Crippen molar-refractivity contribution < 1.29 is 18.0 Å². The molecule has 0 radical (unpaired) electrons. The minimum Gasteiger partial charge on any atom is -0.364 e. The number of urea groups is 1. The predicted molar refractivity (Wildman–Crippen MR) is 133 cm³/mol. The van der Waals surface area contributed by atoms with Gasteiger partial charge in [-0.25, -0.2) is 23.2 Å². The third kappa shape index (κ3) is 6.18. The maximum Gasteiger partial charge on any atom is 0.317 e. The van der Waals surface area contributed by atoms with Crippen LogP contribution in [0.4, 0.5) is 22.1 Å². The summed E-state index contributed by atoms with van der Waals surface area (Å²) in [5.74, 6) is 0.00776. The van der Waals surface area contributed by atoms with Crippen LogP contribution in [-0.2, 0) is 9.84 Å². The molecule has 3 heterocycles. The van der Waals surface area contributed by atoms with Gasteiger partial charge < -0.3 is 26.2 Å². The van der Waals surface area contributed by atoms with E-state index >= 15 is 0 Å². The van der Waals surface area contributed by atoms with Crippen molar-refractivity contribution in [2.75, 3.05) is 42.7 Å². The summed E-state index contributed by atoms with van der Waals surface area (Å²) in [6.07, 6.45) is 7.64. The van der Waals surface area contributed by atoms with E-state index < -0.39 is 15.7 Å². The number of carbonyl (C=O) groups is 2. The van der Waals surface area contributed by atoms with Gasteiger partial charge in [0.05, 0.1) is 11.1 Å². The quantitative estimate of drug-likeness (QED) is 0.543. The van der Waals surface area contributed by atoms with E-state index in [4.69, 9.17) is 5.73 Å². The molecule has 2 fully saturated rings. The van der Waals surface area contributed by atoms with Gasteiger partial charge in [0.15, 0.2) is 21.3 Å². The van der Waals surface area contributed by atoms with Crippen molar-refractivity contribution in [2.24, 2.45) is 5.73 Å². The summed E-state index contributed by atoms with van der Waals surface area (Å²) in [5.41, 5.74) is 6.02. The Morgan fingerprint density at radius 2 is 1.77 bits per heavy atom. The van der Waals surface area contributed by atoms with Gasteiger partial charge in [-0.1, -0.05) is 0 Å². The van der Waals surface area contributed by atoms with E-state index in [-0.39, 0.29) is 28.5 Å². The zero-order valence-electron chi connectivity index (χ0n) is 19.7. The standard InChI is InChI=1S/C23H31N7O4S/c1-35(33,34)18-9-7-16(8-10-18)26-22-20(21(24)31)25-14-19(28-22)30-13-5-6-17(15-30)27-23(32)29-11-3-2-4-12-29/h7-10,14,17H,2-6,11-13,15H2,1H3,(H2,24,31)(H,26,28)(H,27,32). The van der Waals surface area contributed by atoms with Crippen LogP contribution in [0, 0.1) is 0 Å². The lowest BCUT2D eigenvalue weighted by molar-refractivity contribution is 0.0996. The number of hydrogen-bond acceptors (Lipinski definition) is 8. The Bertz CT molecular complexity index is 1180. The highest BCUT2D eigenvalue weighted by Crippen LogP contribution is 2.24. The number of rotatable bonds is 6. The molecule has 2 aliphatic heterocycles. The second-order valence-corrected chi connectivity index (χ2v) is 11.0. The summed E-state index contributed by atoms with van der Waals surface area (Å²) in [5, 5.41) is 6.17. The number of aromatic nitrogens is 2. The van der Waals surface area contributed by atoms with Crippen LogP contribution in [-0.4, -0.2) is 73.7 Å². The third-order valence-electron chi connectivity index (χ3n) is 6.25. The number of hydrogen-bond donors (Lipinski definition) is 3. The summed E-state index contributed by atoms with van der Waals surface area (Å²) >= 11 is 0. The van der Waals surface area contributed by atoms with E-state index in [0.717, 1.165) is 51.6 Å². The number of primary amides is 1. The molecule has 188 valence electrons. The smallest absolute Gasteiger partial charge is 0.317 e. The van der Waals surface area contributed by atoms with Gasteiger partial charge in [-0.2, -0.15) is 0 Å². The highest BCUT2D eigenvalue weighted by molar-refractivity contribution is 7.90. The monoisotopic (exact) mass is 501 g/mol. The minimum atomic E-state index is -3.33. The Balaban J connectivity index is 1.49. The second-order valence-electron chi connectivity index (χ2n) is 8.99. The number of sulfone groups is 1. The van der Waals surface area contributed by atoms with Gasteiger partial charge in [0, 0.05) is 44.2 Å². The molecule has 3 amide bonds. The Labute approximate surface area is 205 Å². The summed E-state index contributed by atoms with van der Waals surface area (Å²) in [6.45, 7) is 2.90. The Morgan fingerprint density at radius 1 is 1.06 bits per heavy atom. The molecule has 35 heavy (non-hydrogen) atoms. The molecule has 4 N–H and O–H groups in total. The number of nitrogens with one attached hydrogen (secondary N) is 2. The molecule has 11 nitrogen and oxygen atoms in total. The summed E-state index contributed by atoms with van der Waals surface area (Å²) in [7, 11) is -3.33. The molecule has 1 atom stereocenters.